The third-order valence-corrected chi connectivity index (χ3v) is 5.47. The van der Waals surface area contributed by atoms with Gasteiger partial charge in [0.25, 0.3) is 0 Å². The molecule has 0 N–H and O–H groups in total. The van der Waals surface area contributed by atoms with E-state index in [2.05, 4.69) is 6.07 Å². The van der Waals surface area contributed by atoms with Crippen molar-refractivity contribution in [1.29, 1.82) is 0 Å². The van der Waals surface area contributed by atoms with Gasteiger partial charge in [0.15, 0.2) is 0 Å². The van der Waals surface area contributed by atoms with Gasteiger partial charge in [-0.25, -0.2) is 8.42 Å². The van der Waals surface area contributed by atoms with Gasteiger partial charge in [0.2, 0.25) is 10.0 Å². The van der Waals surface area contributed by atoms with Crippen molar-refractivity contribution in [1.82, 2.24) is 4.31 Å². The number of rotatable bonds is 2. The van der Waals surface area contributed by atoms with E-state index >= 15 is 0 Å². The highest BCUT2D eigenvalue weighted by molar-refractivity contribution is 7.89. The number of morpholine rings is 1. The molecule has 0 amide bonds. The molecular weight excluding hydrogens is 274 g/mol. The molecule has 0 unspecified atom stereocenters. The Morgan fingerprint density at radius 1 is 1.00 bits per heavy atom. The maximum atomic E-state index is 12.6. The lowest BCUT2D eigenvalue weighted by atomic mass is 10.1. The van der Waals surface area contributed by atoms with E-state index in [1.807, 2.05) is 25.1 Å². The predicted molar refractivity (Wildman–Crippen MR) is 78.3 cm³/mol. The van der Waals surface area contributed by atoms with E-state index < -0.39 is 10.0 Å². The Balaban J connectivity index is 2.02. The van der Waals surface area contributed by atoms with Crippen LogP contribution in [0.4, 0.5) is 0 Å². The van der Waals surface area contributed by atoms with E-state index in [1.165, 1.54) is 9.87 Å². The summed E-state index contributed by atoms with van der Waals surface area (Å²) >= 11 is 0. The smallest absolute Gasteiger partial charge is 0.243 e. The monoisotopic (exact) mass is 291 g/mol. The molecule has 4 nitrogen and oxygen atoms in total. The van der Waals surface area contributed by atoms with Crippen LogP contribution in [0.5, 0.6) is 0 Å². The Bertz CT molecular complexity index is 734. The Labute approximate surface area is 119 Å². The van der Waals surface area contributed by atoms with Crippen molar-refractivity contribution in [3.63, 3.8) is 0 Å². The second-order valence-electron chi connectivity index (χ2n) is 5.03. The van der Waals surface area contributed by atoms with E-state index in [0.29, 0.717) is 31.2 Å². The number of fused-ring (bicyclic) bond motifs is 1. The second-order valence-corrected chi connectivity index (χ2v) is 6.97. The Morgan fingerprint density at radius 2 is 1.65 bits per heavy atom. The highest BCUT2D eigenvalue weighted by atomic mass is 32.2. The number of ether oxygens (including phenoxy) is 1. The Morgan fingerprint density at radius 3 is 2.40 bits per heavy atom. The third kappa shape index (κ3) is 2.44. The Hall–Kier alpha value is -1.43. The molecule has 0 spiro atoms. The van der Waals surface area contributed by atoms with Crippen molar-refractivity contribution in [2.45, 2.75) is 11.8 Å². The minimum Gasteiger partial charge on any atom is -0.379 e. The first kappa shape index (κ1) is 13.5. The van der Waals surface area contributed by atoms with Crippen LogP contribution < -0.4 is 0 Å². The summed E-state index contributed by atoms with van der Waals surface area (Å²) in [5.74, 6) is 0. The van der Waals surface area contributed by atoms with Crippen LogP contribution in [0, 0.1) is 6.92 Å². The van der Waals surface area contributed by atoms with E-state index in [9.17, 15) is 8.42 Å². The van der Waals surface area contributed by atoms with Crippen molar-refractivity contribution in [2.24, 2.45) is 0 Å². The van der Waals surface area contributed by atoms with Gasteiger partial charge in [-0.05, 0) is 29.8 Å². The minimum atomic E-state index is -3.41. The first-order valence-electron chi connectivity index (χ1n) is 6.66. The maximum absolute atomic E-state index is 12.6. The number of hydrogen-bond donors (Lipinski definition) is 0. The van der Waals surface area contributed by atoms with Gasteiger partial charge in [0.1, 0.15) is 0 Å². The summed E-state index contributed by atoms with van der Waals surface area (Å²) in [5.41, 5.74) is 1.17. The molecular formula is C15H17NO3S. The van der Waals surface area contributed by atoms with E-state index in [-0.39, 0.29) is 0 Å². The molecule has 5 heteroatoms. The minimum absolute atomic E-state index is 0.357. The first-order valence-corrected chi connectivity index (χ1v) is 8.10. The zero-order valence-corrected chi connectivity index (χ0v) is 12.2. The van der Waals surface area contributed by atoms with Gasteiger partial charge in [-0.2, -0.15) is 4.31 Å². The molecule has 1 aliphatic rings. The van der Waals surface area contributed by atoms with Gasteiger partial charge < -0.3 is 4.74 Å². The first-order chi connectivity index (χ1) is 9.57. The number of nitrogens with zero attached hydrogens (tertiary/aromatic N) is 1. The second kappa shape index (κ2) is 5.16. The van der Waals surface area contributed by atoms with Crippen molar-refractivity contribution in [3.05, 3.63) is 42.0 Å². The number of sulfonamides is 1. The maximum Gasteiger partial charge on any atom is 0.243 e. The molecule has 106 valence electrons. The lowest BCUT2D eigenvalue weighted by Crippen LogP contribution is -2.40. The average molecular weight is 291 g/mol. The summed E-state index contributed by atoms with van der Waals surface area (Å²) in [6.07, 6.45) is 0. The molecule has 2 aromatic rings. The molecule has 0 atom stereocenters. The van der Waals surface area contributed by atoms with E-state index in [0.717, 1.165) is 10.8 Å². The van der Waals surface area contributed by atoms with E-state index in [1.54, 1.807) is 12.1 Å². The van der Waals surface area contributed by atoms with Gasteiger partial charge in [0, 0.05) is 13.1 Å². The summed E-state index contributed by atoms with van der Waals surface area (Å²) in [4.78, 5) is 0.357. The van der Waals surface area contributed by atoms with Crippen molar-refractivity contribution in [2.75, 3.05) is 26.3 Å². The van der Waals surface area contributed by atoms with Gasteiger partial charge >= 0.3 is 0 Å². The van der Waals surface area contributed by atoms with Crippen LogP contribution in [0.2, 0.25) is 0 Å². The predicted octanol–water partition coefficient (Wildman–Crippen LogP) is 2.17. The molecule has 0 aliphatic carbocycles. The molecule has 1 heterocycles. The normalized spacial score (nSPS) is 17.4. The third-order valence-electron chi connectivity index (χ3n) is 3.58. The summed E-state index contributed by atoms with van der Waals surface area (Å²) in [6, 6.07) is 11.3. The molecule has 0 radical (unpaired) electrons. The molecule has 1 aliphatic heterocycles. The van der Waals surface area contributed by atoms with Crippen LogP contribution in [0.15, 0.2) is 41.3 Å². The summed E-state index contributed by atoms with van der Waals surface area (Å²) in [7, 11) is -3.41. The lowest BCUT2D eigenvalue weighted by Gasteiger charge is -2.26. The SMILES string of the molecule is Cc1ccc2cc(S(=O)(=O)N3CCOCC3)ccc2c1. The highest BCUT2D eigenvalue weighted by Crippen LogP contribution is 2.23. The van der Waals surface area contributed by atoms with Crippen molar-refractivity contribution < 1.29 is 13.2 Å². The number of benzene rings is 2. The van der Waals surface area contributed by atoms with Crippen LogP contribution in [0.25, 0.3) is 10.8 Å². The number of hydrogen-bond acceptors (Lipinski definition) is 3. The molecule has 0 bridgehead atoms. The summed E-state index contributed by atoms with van der Waals surface area (Å²) in [5, 5.41) is 2.01. The summed E-state index contributed by atoms with van der Waals surface area (Å²) < 4.78 is 31.8. The fraction of sp³-hybridized carbons (Fsp3) is 0.333. The van der Waals surface area contributed by atoms with Crippen LogP contribution in [-0.4, -0.2) is 39.0 Å². The quantitative estimate of drug-likeness (QED) is 0.852. The van der Waals surface area contributed by atoms with Gasteiger partial charge in [0.05, 0.1) is 18.1 Å². The van der Waals surface area contributed by atoms with Crippen LogP contribution in [0.1, 0.15) is 5.56 Å². The highest BCUT2D eigenvalue weighted by Gasteiger charge is 2.26. The van der Waals surface area contributed by atoms with E-state index in [4.69, 9.17) is 4.74 Å². The lowest BCUT2D eigenvalue weighted by molar-refractivity contribution is 0.0730. The van der Waals surface area contributed by atoms with Crippen LogP contribution >= 0.6 is 0 Å². The largest absolute Gasteiger partial charge is 0.379 e. The fourth-order valence-corrected chi connectivity index (χ4v) is 3.88. The molecule has 1 fully saturated rings. The van der Waals surface area contributed by atoms with Crippen LogP contribution in [0.3, 0.4) is 0 Å². The van der Waals surface area contributed by atoms with Gasteiger partial charge in [-0.1, -0.05) is 29.8 Å². The standard InChI is InChI=1S/C15H17NO3S/c1-12-2-3-14-11-15(5-4-13(14)10-12)20(17,18)16-6-8-19-9-7-16/h2-5,10-11H,6-9H2,1H3. The average Bonchev–Trinajstić information content (AvgIpc) is 2.47. The summed E-state index contributed by atoms with van der Waals surface area (Å²) in [6.45, 7) is 3.80. The molecule has 20 heavy (non-hydrogen) atoms. The number of aryl methyl sites for hydroxylation is 1. The molecule has 0 saturated carbocycles. The molecule has 0 aromatic heterocycles. The van der Waals surface area contributed by atoms with Crippen molar-refractivity contribution >= 4 is 20.8 Å². The zero-order valence-electron chi connectivity index (χ0n) is 11.4. The molecule has 2 aromatic carbocycles. The topological polar surface area (TPSA) is 46.6 Å². The van der Waals surface area contributed by atoms with Gasteiger partial charge in [-0.3, -0.25) is 0 Å². The zero-order chi connectivity index (χ0) is 14.2. The van der Waals surface area contributed by atoms with Gasteiger partial charge in [-0.15, -0.1) is 0 Å². The Kier molecular flexibility index (Phi) is 3.50. The molecule has 1 saturated heterocycles. The van der Waals surface area contributed by atoms with Crippen LogP contribution in [-0.2, 0) is 14.8 Å². The fourth-order valence-electron chi connectivity index (χ4n) is 2.44. The molecule has 3 rings (SSSR count). The van der Waals surface area contributed by atoms with Crippen molar-refractivity contribution in [3.8, 4) is 0 Å².